The highest BCUT2D eigenvalue weighted by Gasteiger charge is 2.24. The lowest BCUT2D eigenvalue weighted by atomic mass is 10.1. The van der Waals surface area contributed by atoms with Crippen LogP contribution in [0.5, 0.6) is 11.5 Å². The molecule has 3 heterocycles. The topological polar surface area (TPSA) is 92.9 Å². The van der Waals surface area contributed by atoms with Gasteiger partial charge in [-0.2, -0.15) is 0 Å². The van der Waals surface area contributed by atoms with Crippen molar-refractivity contribution in [2.24, 2.45) is 0 Å². The third-order valence-electron chi connectivity index (χ3n) is 5.80. The number of H-pyrrole nitrogens is 1. The second kappa shape index (κ2) is 9.11. The van der Waals surface area contributed by atoms with Gasteiger partial charge >= 0.3 is 6.03 Å². The number of ether oxygens (including phenoxy) is 3. The van der Waals surface area contributed by atoms with E-state index in [0.29, 0.717) is 48.9 Å². The molecule has 2 aliphatic rings. The highest BCUT2D eigenvalue weighted by molar-refractivity contribution is 5.89. The van der Waals surface area contributed by atoms with Crippen LogP contribution in [-0.2, 0) is 11.3 Å². The molecule has 0 radical (unpaired) electrons. The van der Waals surface area contributed by atoms with Crippen LogP contribution in [0.25, 0.3) is 10.9 Å². The fourth-order valence-corrected chi connectivity index (χ4v) is 4.12. The Labute approximate surface area is 189 Å². The van der Waals surface area contributed by atoms with Crippen LogP contribution in [0.2, 0.25) is 0 Å². The van der Waals surface area contributed by atoms with E-state index in [1.165, 1.54) is 17.0 Å². The van der Waals surface area contributed by atoms with E-state index >= 15 is 0 Å². The van der Waals surface area contributed by atoms with Crippen LogP contribution >= 0.6 is 0 Å². The molecule has 2 aliphatic heterocycles. The van der Waals surface area contributed by atoms with Crippen molar-refractivity contribution in [2.75, 3.05) is 31.7 Å². The van der Waals surface area contributed by atoms with Crippen molar-refractivity contribution in [3.05, 3.63) is 64.2 Å². The molecule has 2 amide bonds. The van der Waals surface area contributed by atoms with E-state index in [1.807, 2.05) is 6.07 Å². The molecule has 1 atom stereocenters. The minimum atomic E-state index is -0.529. The van der Waals surface area contributed by atoms with Crippen molar-refractivity contribution < 1.29 is 23.4 Å². The number of carbonyl (C=O) groups excluding carboxylic acids is 1. The maximum absolute atomic E-state index is 14.1. The molecule has 3 aromatic rings. The van der Waals surface area contributed by atoms with Gasteiger partial charge in [0.2, 0.25) is 0 Å². The smallest absolute Gasteiger partial charge is 0.322 e. The number of fused-ring (bicyclic) bond motifs is 2. The zero-order chi connectivity index (χ0) is 22.8. The average Bonchev–Trinajstić information content (AvgIpc) is 3.32. The van der Waals surface area contributed by atoms with Crippen molar-refractivity contribution in [3.63, 3.8) is 0 Å². The van der Waals surface area contributed by atoms with E-state index in [2.05, 4.69) is 10.3 Å². The van der Waals surface area contributed by atoms with Crippen LogP contribution in [0.4, 0.5) is 14.9 Å². The number of carbonyl (C=O) groups is 1. The standard InChI is InChI=1S/C24H24FN3O5/c25-18-5-1-2-6-19(18)27-24(30)28(14-17-4-3-7-31-17)13-16-10-15-11-21-22(33-9-8-32-21)12-20(15)26-23(16)29/h1-2,5-6,10-12,17H,3-4,7-9,13-14H2,(H,26,29)(H,27,30). The Hall–Kier alpha value is -3.59. The lowest BCUT2D eigenvalue weighted by Gasteiger charge is -2.26. The second-order valence-corrected chi connectivity index (χ2v) is 8.13. The minimum Gasteiger partial charge on any atom is -0.486 e. The largest absolute Gasteiger partial charge is 0.486 e. The highest BCUT2D eigenvalue weighted by Crippen LogP contribution is 2.33. The third kappa shape index (κ3) is 4.63. The molecule has 0 spiro atoms. The van der Waals surface area contributed by atoms with E-state index in [-0.39, 0.29) is 23.9 Å². The lowest BCUT2D eigenvalue weighted by Crippen LogP contribution is -2.41. The summed E-state index contributed by atoms with van der Waals surface area (Å²) in [7, 11) is 0. The molecule has 1 unspecified atom stereocenters. The zero-order valence-corrected chi connectivity index (χ0v) is 17.9. The average molecular weight is 453 g/mol. The maximum atomic E-state index is 14.1. The van der Waals surface area contributed by atoms with Crippen LogP contribution in [-0.4, -0.2) is 48.4 Å². The number of para-hydroxylation sites is 1. The van der Waals surface area contributed by atoms with Crippen molar-refractivity contribution in [1.29, 1.82) is 0 Å². The number of hydrogen-bond acceptors (Lipinski definition) is 5. The number of anilines is 1. The summed E-state index contributed by atoms with van der Waals surface area (Å²) >= 11 is 0. The first-order valence-corrected chi connectivity index (χ1v) is 10.9. The number of urea groups is 1. The van der Waals surface area contributed by atoms with Crippen molar-refractivity contribution in [1.82, 2.24) is 9.88 Å². The molecule has 0 aliphatic carbocycles. The molecular formula is C24H24FN3O5. The van der Waals surface area contributed by atoms with Crippen LogP contribution in [0, 0.1) is 5.82 Å². The first-order chi connectivity index (χ1) is 16.1. The van der Waals surface area contributed by atoms with E-state index in [9.17, 15) is 14.0 Å². The summed E-state index contributed by atoms with van der Waals surface area (Å²) in [6.07, 6.45) is 1.60. The van der Waals surface area contributed by atoms with E-state index < -0.39 is 11.8 Å². The predicted molar refractivity (Wildman–Crippen MR) is 120 cm³/mol. The summed E-state index contributed by atoms with van der Waals surface area (Å²) in [6, 6.07) is 10.8. The minimum absolute atomic E-state index is 0.0415. The summed E-state index contributed by atoms with van der Waals surface area (Å²) in [5.41, 5.74) is 0.793. The first kappa shape index (κ1) is 21.3. The molecule has 0 bridgehead atoms. The highest BCUT2D eigenvalue weighted by atomic mass is 19.1. The normalized spacial score (nSPS) is 17.2. The summed E-state index contributed by atoms with van der Waals surface area (Å²) < 4.78 is 31.0. The predicted octanol–water partition coefficient (Wildman–Crippen LogP) is 3.65. The lowest BCUT2D eigenvalue weighted by molar-refractivity contribution is 0.0818. The Morgan fingerprint density at radius 2 is 1.91 bits per heavy atom. The number of benzene rings is 2. The van der Waals surface area contributed by atoms with Gasteiger partial charge in [0.05, 0.1) is 23.9 Å². The van der Waals surface area contributed by atoms with Gasteiger partial charge in [-0.3, -0.25) is 4.79 Å². The van der Waals surface area contributed by atoms with Gasteiger partial charge in [-0.05, 0) is 37.1 Å². The van der Waals surface area contributed by atoms with Crippen molar-refractivity contribution >= 4 is 22.6 Å². The van der Waals surface area contributed by atoms with Gasteiger partial charge in [-0.25, -0.2) is 9.18 Å². The molecule has 0 saturated carbocycles. The van der Waals surface area contributed by atoms with Crippen LogP contribution in [0.15, 0.2) is 47.3 Å². The van der Waals surface area contributed by atoms with Crippen LogP contribution in [0.3, 0.4) is 0 Å². The van der Waals surface area contributed by atoms with Crippen LogP contribution < -0.4 is 20.3 Å². The molecule has 8 nitrogen and oxygen atoms in total. The monoisotopic (exact) mass is 453 g/mol. The quantitative estimate of drug-likeness (QED) is 0.615. The number of halogens is 1. The van der Waals surface area contributed by atoms with Crippen LogP contribution in [0.1, 0.15) is 18.4 Å². The van der Waals surface area contributed by atoms with Gasteiger partial charge in [-0.1, -0.05) is 12.1 Å². The summed E-state index contributed by atoms with van der Waals surface area (Å²) in [5, 5.41) is 3.37. The SMILES string of the molecule is O=C(Nc1ccccc1F)N(Cc1cc2cc3c(cc2[nH]c1=O)OCCO3)CC1CCCO1. The number of hydrogen-bond donors (Lipinski definition) is 2. The summed E-state index contributed by atoms with van der Waals surface area (Å²) in [5.74, 6) is 0.667. The summed E-state index contributed by atoms with van der Waals surface area (Å²) in [4.78, 5) is 30.2. The third-order valence-corrected chi connectivity index (χ3v) is 5.80. The molecule has 1 saturated heterocycles. The molecule has 2 aromatic carbocycles. The summed E-state index contributed by atoms with van der Waals surface area (Å²) in [6.45, 7) is 1.88. The van der Waals surface area contributed by atoms with Gasteiger partial charge in [-0.15, -0.1) is 0 Å². The molecule has 2 N–H and O–H groups in total. The van der Waals surface area contributed by atoms with Gasteiger partial charge in [0.15, 0.2) is 11.5 Å². The Morgan fingerprint density at radius 3 is 2.67 bits per heavy atom. The van der Waals surface area contributed by atoms with E-state index in [1.54, 1.807) is 24.3 Å². The zero-order valence-electron chi connectivity index (χ0n) is 17.9. The number of aromatic amines is 1. The molecule has 33 heavy (non-hydrogen) atoms. The van der Waals surface area contributed by atoms with Gasteiger partial charge in [0, 0.05) is 30.2 Å². The molecule has 172 valence electrons. The number of nitrogens with zero attached hydrogens (tertiary/aromatic N) is 1. The molecular weight excluding hydrogens is 429 g/mol. The Bertz CT molecular complexity index is 1240. The molecule has 1 aromatic heterocycles. The fraction of sp³-hybridized carbons (Fsp3) is 0.333. The molecule has 1 fully saturated rings. The first-order valence-electron chi connectivity index (χ1n) is 10.9. The van der Waals surface area contributed by atoms with Gasteiger partial charge in [0.25, 0.3) is 5.56 Å². The second-order valence-electron chi connectivity index (χ2n) is 8.13. The Morgan fingerprint density at radius 1 is 1.12 bits per heavy atom. The van der Waals surface area contributed by atoms with Gasteiger partial charge < -0.3 is 29.4 Å². The fourth-order valence-electron chi connectivity index (χ4n) is 4.12. The number of rotatable bonds is 5. The Kier molecular flexibility index (Phi) is 5.87. The van der Waals surface area contributed by atoms with E-state index in [4.69, 9.17) is 14.2 Å². The maximum Gasteiger partial charge on any atom is 0.322 e. The van der Waals surface area contributed by atoms with Crippen molar-refractivity contribution in [3.8, 4) is 11.5 Å². The van der Waals surface area contributed by atoms with Gasteiger partial charge in [0.1, 0.15) is 19.0 Å². The van der Waals surface area contributed by atoms with E-state index in [0.717, 1.165) is 18.2 Å². The number of nitrogens with one attached hydrogen (secondary N) is 2. The Balaban J connectivity index is 1.43. The molecule has 9 heteroatoms. The number of aromatic nitrogens is 1. The number of pyridine rings is 1. The number of amides is 2. The van der Waals surface area contributed by atoms with Crippen molar-refractivity contribution in [2.45, 2.75) is 25.5 Å². The molecule has 5 rings (SSSR count).